The molecule has 19 heavy (non-hydrogen) atoms. The molecule has 2 aromatic rings. The van der Waals surface area contributed by atoms with E-state index in [1.165, 1.54) is 0 Å². The minimum Gasteiger partial charge on any atom is -0.355 e. The topological polar surface area (TPSA) is 63.7 Å². The lowest BCUT2D eigenvalue weighted by molar-refractivity contribution is 0.897. The number of anilines is 1. The Morgan fingerprint density at radius 2 is 1.84 bits per heavy atom. The summed E-state index contributed by atoms with van der Waals surface area (Å²) < 4.78 is 0. The molecule has 0 N–H and O–H groups in total. The quantitative estimate of drug-likeness (QED) is 0.837. The van der Waals surface area contributed by atoms with Gasteiger partial charge in [-0.05, 0) is 29.8 Å². The molecule has 0 aliphatic rings. The van der Waals surface area contributed by atoms with Gasteiger partial charge < -0.3 is 4.90 Å². The van der Waals surface area contributed by atoms with Crippen molar-refractivity contribution in [3.8, 4) is 12.1 Å². The van der Waals surface area contributed by atoms with Crippen LogP contribution in [0.4, 0.5) is 5.82 Å². The van der Waals surface area contributed by atoms with E-state index in [1.54, 1.807) is 24.4 Å². The maximum atomic E-state index is 8.87. The predicted molar refractivity (Wildman–Crippen MR) is 72.2 cm³/mol. The van der Waals surface area contributed by atoms with Gasteiger partial charge in [0.05, 0.1) is 23.3 Å². The largest absolute Gasteiger partial charge is 0.355 e. The molecule has 1 aromatic carbocycles. The Balaban J connectivity index is 2.18. The zero-order valence-corrected chi connectivity index (χ0v) is 10.5. The van der Waals surface area contributed by atoms with Crippen LogP contribution in [-0.4, -0.2) is 12.0 Å². The van der Waals surface area contributed by atoms with Crippen molar-refractivity contribution in [1.82, 2.24) is 4.98 Å². The van der Waals surface area contributed by atoms with Gasteiger partial charge in [-0.3, -0.25) is 0 Å². The Morgan fingerprint density at radius 3 is 2.58 bits per heavy atom. The van der Waals surface area contributed by atoms with Gasteiger partial charge in [-0.1, -0.05) is 12.1 Å². The molecule has 0 bridgehead atoms. The Morgan fingerprint density at radius 1 is 1.11 bits per heavy atom. The van der Waals surface area contributed by atoms with Gasteiger partial charge in [-0.25, -0.2) is 4.98 Å². The van der Waals surface area contributed by atoms with Crippen molar-refractivity contribution in [2.24, 2.45) is 0 Å². The lowest BCUT2D eigenvalue weighted by atomic mass is 10.1. The molecular weight excluding hydrogens is 236 g/mol. The van der Waals surface area contributed by atoms with E-state index in [2.05, 4.69) is 17.1 Å². The molecule has 4 heteroatoms. The fourth-order valence-electron chi connectivity index (χ4n) is 1.79. The highest BCUT2D eigenvalue weighted by atomic mass is 15.2. The molecule has 92 valence electrons. The number of pyridine rings is 1. The smallest absolute Gasteiger partial charge is 0.129 e. The van der Waals surface area contributed by atoms with E-state index in [0.29, 0.717) is 17.7 Å². The molecule has 0 amide bonds. The molecule has 0 unspecified atom stereocenters. The number of nitrogens with zero attached hydrogens (tertiary/aromatic N) is 4. The molecule has 0 saturated carbocycles. The van der Waals surface area contributed by atoms with E-state index in [1.807, 2.05) is 30.1 Å². The van der Waals surface area contributed by atoms with Crippen molar-refractivity contribution in [2.75, 3.05) is 11.9 Å². The van der Waals surface area contributed by atoms with Gasteiger partial charge in [0.15, 0.2) is 0 Å². The van der Waals surface area contributed by atoms with Crippen LogP contribution in [0.5, 0.6) is 0 Å². The molecule has 1 aromatic heterocycles. The third-order valence-electron chi connectivity index (χ3n) is 2.74. The summed E-state index contributed by atoms with van der Waals surface area (Å²) in [6.45, 7) is 0.636. The van der Waals surface area contributed by atoms with Crippen LogP contribution in [0.3, 0.4) is 0 Å². The van der Waals surface area contributed by atoms with Crippen LogP contribution in [0.1, 0.15) is 16.7 Å². The first-order valence-corrected chi connectivity index (χ1v) is 5.79. The summed E-state index contributed by atoms with van der Waals surface area (Å²) >= 11 is 0. The molecule has 0 spiro atoms. The second-order valence-corrected chi connectivity index (χ2v) is 4.18. The summed E-state index contributed by atoms with van der Waals surface area (Å²) in [4.78, 5) is 6.18. The van der Waals surface area contributed by atoms with Gasteiger partial charge in [0.1, 0.15) is 5.82 Å². The molecule has 0 radical (unpaired) electrons. The SMILES string of the molecule is CN(Cc1cccc(C#N)c1)c1cc(C#N)ccn1. The maximum absolute atomic E-state index is 8.87. The molecule has 4 nitrogen and oxygen atoms in total. The molecule has 0 aliphatic heterocycles. The van der Waals surface area contributed by atoms with Crippen LogP contribution in [0.25, 0.3) is 0 Å². The fraction of sp³-hybridized carbons (Fsp3) is 0.133. The van der Waals surface area contributed by atoms with E-state index in [9.17, 15) is 0 Å². The van der Waals surface area contributed by atoms with Gasteiger partial charge >= 0.3 is 0 Å². The van der Waals surface area contributed by atoms with Gasteiger partial charge in [0.2, 0.25) is 0 Å². The summed E-state index contributed by atoms with van der Waals surface area (Å²) in [5.74, 6) is 0.737. The molecule has 0 atom stereocenters. The average molecular weight is 248 g/mol. The van der Waals surface area contributed by atoms with Crippen molar-refractivity contribution in [3.63, 3.8) is 0 Å². The van der Waals surface area contributed by atoms with Crippen LogP contribution < -0.4 is 4.90 Å². The van der Waals surface area contributed by atoms with E-state index in [4.69, 9.17) is 10.5 Å². The Labute approximate surface area is 112 Å². The molecule has 0 saturated heterocycles. The van der Waals surface area contributed by atoms with E-state index >= 15 is 0 Å². The van der Waals surface area contributed by atoms with Gasteiger partial charge in [-0.15, -0.1) is 0 Å². The fourth-order valence-corrected chi connectivity index (χ4v) is 1.79. The normalized spacial score (nSPS) is 9.42. The molecule has 0 aliphatic carbocycles. The van der Waals surface area contributed by atoms with Crippen LogP contribution in [0, 0.1) is 22.7 Å². The average Bonchev–Trinajstić information content (AvgIpc) is 2.47. The standard InChI is InChI=1S/C15H12N4/c1-19(15-8-13(10-17)5-6-18-15)11-14-4-2-3-12(7-14)9-16/h2-8H,11H2,1H3. The Hall–Kier alpha value is -2.85. The highest BCUT2D eigenvalue weighted by molar-refractivity contribution is 5.45. The zero-order valence-electron chi connectivity index (χ0n) is 10.5. The minimum absolute atomic E-state index is 0.586. The first-order valence-electron chi connectivity index (χ1n) is 5.79. The number of nitriles is 2. The van der Waals surface area contributed by atoms with Crippen molar-refractivity contribution >= 4 is 5.82 Å². The van der Waals surface area contributed by atoms with E-state index in [-0.39, 0.29) is 0 Å². The second-order valence-electron chi connectivity index (χ2n) is 4.18. The van der Waals surface area contributed by atoms with Crippen molar-refractivity contribution in [3.05, 3.63) is 59.3 Å². The number of hydrogen-bond donors (Lipinski definition) is 0. The van der Waals surface area contributed by atoms with Crippen molar-refractivity contribution < 1.29 is 0 Å². The number of aromatic nitrogens is 1. The van der Waals surface area contributed by atoms with E-state index < -0.39 is 0 Å². The van der Waals surface area contributed by atoms with Gasteiger partial charge in [-0.2, -0.15) is 10.5 Å². The third kappa shape index (κ3) is 3.08. The summed E-state index contributed by atoms with van der Waals surface area (Å²) in [5.41, 5.74) is 2.26. The Bertz CT molecular complexity index is 664. The van der Waals surface area contributed by atoms with Gasteiger partial charge in [0, 0.05) is 19.8 Å². The maximum Gasteiger partial charge on any atom is 0.129 e. The molecule has 1 heterocycles. The number of benzene rings is 1. The first-order chi connectivity index (χ1) is 9.22. The minimum atomic E-state index is 0.586. The molecular formula is C15H12N4. The predicted octanol–water partition coefficient (Wildman–Crippen LogP) is 2.46. The Kier molecular flexibility index (Phi) is 3.75. The van der Waals surface area contributed by atoms with Crippen LogP contribution in [0.15, 0.2) is 42.6 Å². The van der Waals surface area contributed by atoms with Crippen molar-refractivity contribution in [2.45, 2.75) is 6.54 Å². The van der Waals surface area contributed by atoms with Crippen LogP contribution in [-0.2, 0) is 6.54 Å². The lowest BCUT2D eigenvalue weighted by Gasteiger charge is -2.18. The lowest BCUT2D eigenvalue weighted by Crippen LogP contribution is -2.17. The number of hydrogen-bond acceptors (Lipinski definition) is 4. The van der Waals surface area contributed by atoms with Crippen molar-refractivity contribution in [1.29, 1.82) is 10.5 Å². The summed E-state index contributed by atoms with van der Waals surface area (Å²) in [6.07, 6.45) is 1.62. The van der Waals surface area contributed by atoms with E-state index in [0.717, 1.165) is 11.4 Å². The molecule has 0 fully saturated rings. The third-order valence-corrected chi connectivity index (χ3v) is 2.74. The highest BCUT2D eigenvalue weighted by Gasteiger charge is 2.05. The van der Waals surface area contributed by atoms with Crippen LogP contribution in [0.2, 0.25) is 0 Å². The van der Waals surface area contributed by atoms with Crippen LogP contribution >= 0.6 is 0 Å². The highest BCUT2D eigenvalue weighted by Crippen LogP contribution is 2.14. The summed E-state index contributed by atoms with van der Waals surface area (Å²) in [7, 11) is 1.91. The molecule has 2 rings (SSSR count). The summed E-state index contributed by atoms with van der Waals surface area (Å²) in [5, 5.41) is 17.7. The first kappa shape index (κ1) is 12.6. The summed E-state index contributed by atoms with van der Waals surface area (Å²) in [6, 6.07) is 15.1. The monoisotopic (exact) mass is 248 g/mol. The zero-order chi connectivity index (χ0) is 13.7. The second kappa shape index (κ2) is 5.66. The number of rotatable bonds is 3. The van der Waals surface area contributed by atoms with Gasteiger partial charge in [0.25, 0.3) is 0 Å².